The van der Waals surface area contributed by atoms with E-state index >= 15 is 0 Å². The van der Waals surface area contributed by atoms with Crippen LogP contribution in [0.15, 0.2) is 0 Å². The van der Waals surface area contributed by atoms with E-state index in [1.807, 2.05) is 27.7 Å². The summed E-state index contributed by atoms with van der Waals surface area (Å²) in [4.78, 5) is 0. The third-order valence-corrected chi connectivity index (χ3v) is 4.00. The monoisotopic (exact) mass is 320 g/mol. The summed E-state index contributed by atoms with van der Waals surface area (Å²) in [6.07, 6.45) is -0.761. The standard InChI is InChI=1S/C14H24O6S/c1-12(2)17-9-7-16-14(8-15-5-6-21)11(10(9)18-12)19-13(3,4)20-14/h9-11,21H,5-8H2,1-4H3. The number of hydrogen-bond acceptors (Lipinski definition) is 7. The number of ether oxygens (including phenoxy) is 6. The minimum atomic E-state index is -0.947. The molecule has 0 N–H and O–H groups in total. The van der Waals surface area contributed by atoms with Crippen LogP contribution in [0.2, 0.25) is 0 Å². The van der Waals surface area contributed by atoms with Crippen LogP contribution >= 0.6 is 12.6 Å². The van der Waals surface area contributed by atoms with Crippen LogP contribution in [0.1, 0.15) is 27.7 Å². The van der Waals surface area contributed by atoms with Crippen molar-refractivity contribution in [2.45, 2.75) is 63.4 Å². The average Bonchev–Trinajstić information content (AvgIpc) is 2.81. The second kappa shape index (κ2) is 5.33. The highest BCUT2D eigenvalue weighted by atomic mass is 32.1. The molecule has 3 aliphatic heterocycles. The lowest BCUT2D eigenvalue weighted by Gasteiger charge is -2.40. The van der Waals surface area contributed by atoms with Crippen LogP contribution in [0, 0.1) is 0 Å². The van der Waals surface area contributed by atoms with Crippen LogP contribution in [0.4, 0.5) is 0 Å². The van der Waals surface area contributed by atoms with E-state index in [1.54, 1.807) is 0 Å². The van der Waals surface area contributed by atoms with E-state index in [0.717, 1.165) is 0 Å². The molecule has 3 saturated heterocycles. The van der Waals surface area contributed by atoms with E-state index in [0.29, 0.717) is 19.0 Å². The average molecular weight is 320 g/mol. The summed E-state index contributed by atoms with van der Waals surface area (Å²) in [5.41, 5.74) is 0. The first-order valence-electron chi connectivity index (χ1n) is 7.33. The van der Waals surface area contributed by atoms with Crippen molar-refractivity contribution >= 4 is 12.6 Å². The van der Waals surface area contributed by atoms with Crippen LogP contribution in [0.3, 0.4) is 0 Å². The van der Waals surface area contributed by atoms with Crippen molar-refractivity contribution in [2.24, 2.45) is 0 Å². The lowest BCUT2D eigenvalue weighted by molar-refractivity contribution is -0.298. The van der Waals surface area contributed by atoms with Gasteiger partial charge in [-0.2, -0.15) is 12.6 Å². The molecule has 0 aliphatic carbocycles. The maximum Gasteiger partial charge on any atom is 0.224 e. The predicted molar refractivity (Wildman–Crippen MR) is 77.2 cm³/mol. The molecule has 3 aliphatic rings. The minimum Gasteiger partial charge on any atom is -0.375 e. The molecule has 0 radical (unpaired) electrons. The zero-order chi connectivity index (χ0) is 15.3. The van der Waals surface area contributed by atoms with Crippen molar-refractivity contribution in [3.8, 4) is 0 Å². The first-order valence-corrected chi connectivity index (χ1v) is 7.96. The molecular weight excluding hydrogens is 296 g/mol. The van der Waals surface area contributed by atoms with Gasteiger partial charge in [0.25, 0.3) is 0 Å². The van der Waals surface area contributed by atoms with Gasteiger partial charge in [0.1, 0.15) is 24.9 Å². The molecule has 4 atom stereocenters. The zero-order valence-corrected chi connectivity index (χ0v) is 13.9. The van der Waals surface area contributed by atoms with E-state index in [9.17, 15) is 0 Å². The SMILES string of the molecule is CC1(C)OC2COC3(COCCS)OC(C)(C)OC3C2O1. The Morgan fingerprint density at radius 3 is 2.57 bits per heavy atom. The quantitative estimate of drug-likeness (QED) is 0.623. The largest absolute Gasteiger partial charge is 0.375 e. The molecule has 6 nitrogen and oxygen atoms in total. The van der Waals surface area contributed by atoms with Gasteiger partial charge in [-0.1, -0.05) is 0 Å². The summed E-state index contributed by atoms with van der Waals surface area (Å²) >= 11 is 4.15. The van der Waals surface area contributed by atoms with Crippen LogP contribution < -0.4 is 0 Å². The Kier molecular flexibility index (Phi) is 4.06. The predicted octanol–water partition coefficient (Wildman–Crippen LogP) is 1.33. The molecule has 3 heterocycles. The fourth-order valence-electron chi connectivity index (χ4n) is 3.23. The summed E-state index contributed by atoms with van der Waals surface area (Å²) in [6.45, 7) is 8.73. The fraction of sp³-hybridized carbons (Fsp3) is 1.00. The van der Waals surface area contributed by atoms with Crippen molar-refractivity contribution in [1.82, 2.24) is 0 Å². The molecule has 0 saturated carbocycles. The molecule has 21 heavy (non-hydrogen) atoms. The number of rotatable bonds is 4. The molecule has 3 fully saturated rings. The van der Waals surface area contributed by atoms with Crippen LogP contribution in [0.25, 0.3) is 0 Å². The molecule has 0 aromatic rings. The number of hydrogen-bond donors (Lipinski definition) is 1. The second-order valence-electron chi connectivity index (χ2n) is 6.58. The number of fused-ring (bicyclic) bond motifs is 3. The topological polar surface area (TPSA) is 55.4 Å². The summed E-state index contributed by atoms with van der Waals surface area (Å²) in [7, 11) is 0. The van der Waals surface area contributed by atoms with Gasteiger partial charge in [-0.3, -0.25) is 0 Å². The summed E-state index contributed by atoms with van der Waals surface area (Å²) in [6, 6.07) is 0. The second-order valence-corrected chi connectivity index (χ2v) is 7.03. The highest BCUT2D eigenvalue weighted by Gasteiger charge is 2.65. The van der Waals surface area contributed by atoms with Gasteiger partial charge in [0.15, 0.2) is 11.6 Å². The normalized spacial score (nSPS) is 43.6. The van der Waals surface area contributed by atoms with Gasteiger partial charge < -0.3 is 28.4 Å². The maximum atomic E-state index is 6.04. The molecule has 0 spiro atoms. The van der Waals surface area contributed by atoms with Gasteiger partial charge in [-0.15, -0.1) is 0 Å². The van der Waals surface area contributed by atoms with Gasteiger partial charge in [0, 0.05) is 5.75 Å². The Bertz CT molecular complexity index is 401. The third-order valence-electron chi connectivity index (χ3n) is 3.81. The van der Waals surface area contributed by atoms with E-state index in [2.05, 4.69) is 12.6 Å². The first-order chi connectivity index (χ1) is 9.77. The van der Waals surface area contributed by atoms with E-state index in [-0.39, 0.29) is 24.9 Å². The van der Waals surface area contributed by atoms with Crippen LogP contribution in [-0.4, -0.2) is 61.2 Å². The lowest BCUT2D eigenvalue weighted by Crippen LogP contribution is -2.60. The summed E-state index contributed by atoms with van der Waals surface area (Å²) in [5, 5.41) is 0. The highest BCUT2D eigenvalue weighted by Crippen LogP contribution is 2.47. The Balaban J connectivity index is 1.81. The van der Waals surface area contributed by atoms with Crippen LogP contribution in [-0.2, 0) is 28.4 Å². The molecule has 122 valence electrons. The van der Waals surface area contributed by atoms with Crippen molar-refractivity contribution in [3.63, 3.8) is 0 Å². The first kappa shape index (κ1) is 16.0. The highest BCUT2D eigenvalue weighted by molar-refractivity contribution is 7.80. The molecule has 3 rings (SSSR count). The molecular formula is C14H24O6S. The Morgan fingerprint density at radius 2 is 1.86 bits per heavy atom. The summed E-state index contributed by atoms with van der Waals surface area (Å²) in [5.74, 6) is -1.70. The fourth-order valence-corrected chi connectivity index (χ4v) is 3.36. The van der Waals surface area contributed by atoms with Crippen molar-refractivity contribution in [3.05, 3.63) is 0 Å². The smallest absolute Gasteiger partial charge is 0.224 e. The van der Waals surface area contributed by atoms with Crippen molar-refractivity contribution in [1.29, 1.82) is 0 Å². The van der Waals surface area contributed by atoms with Crippen molar-refractivity contribution < 1.29 is 28.4 Å². The van der Waals surface area contributed by atoms with Crippen LogP contribution in [0.5, 0.6) is 0 Å². The zero-order valence-electron chi connectivity index (χ0n) is 13.0. The van der Waals surface area contributed by atoms with Crippen molar-refractivity contribution in [2.75, 3.05) is 25.6 Å². The Labute approximate surface area is 130 Å². The van der Waals surface area contributed by atoms with Gasteiger partial charge in [-0.05, 0) is 27.7 Å². The molecule has 0 amide bonds. The Morgan fingerprint density at radius 1 is 1.10 bits per heavy atom. The van der Waals surface area contributed by atoms with Gasteiger partial charge in [0.2, 0.25) is 5.79 Å². The van der Waals surface area contributed by atoms with E-state index in [1.165, 1.54) is 0 Å². The van der Waals surface area contributed by atoms with Gasteiger partial charge in [0.05, 0.1) is 13.2 Å². The summed E-state index contributed by atoms with van der Waals surface area (Å²) < 4.78 is 35.5. The Hall–Kier alpha value is 0.110. The van der Waals surface area contributed by atoms with Gasteiger partial charge in [-0.25, -0.2) is 0 Å². The molecule has 0 aromatic carbocycles. The molecule has 0 bridgehead atoms. The third kappa shape index (κ3) is 2.97. The lowest BCUT2D eigenvalue weighted by atomic mass is 9.97. The minimum absolute atomic E-state index is 0.152. The molecule has 4 unspecified atom stereocenters. The van der Waals surface area contributed by atoms with Gasteiger partial charge >= 0.3 is 0 Å². The van der Waals surface area contributed by atoms with E-state index in [4.69, 9.17) is 28.4 Å². The van der Waals surface area contributed by atoms with E-state index < -0.39 is 17.4 Å². The number of thiol groups is 1. The molecule has 0 aromatic heterocycles. The maximum absolute atomic E-state index is 6.04. The molecule has 7 heteroatoms.